The van der Waals surface area contributed by atoms with Gasteiger partial charge in [0.25, 0.3) is 0 Å². The van der Waals surface area contributed by atoms with Gasteiger partial charge in [0.1, 0.15) is 11.6 Å². The summed E-state index contributed by atoms with van der Waals surface area (Å²) >= 11 is 0. The van der Waals surface area contributed by atoms with Gasteiger partial charge in [0.15, 0.2) is 0 Å². The second-order valence-corrected chi connectivity index (χ2v) is 8.34. The zero-order valence-electron chi connectivity index (χ0n) is 15.8. The molecule has 0 amide bonds. The van der Waals surface area contributed by atoms with Crippen molar-refractivity contribution in [1.82, 2.24) is 0 Å². The fourth-order valence-corrected chi connectivity index (χ4v) is 4.91. The van der Waals surface area contributed by atoms with E-state index < -0.39 is 0 Å². The van der Waals surface area contributed by atoms with Gasteiger partial charge >= 0.3 is 0 Å². The molecule has 3 atom stereocenters. The quantitative estimate of drug-likeness (QED) is 0.467. The lowest BCUT2D eigenvalue weighted by Crippen LogP contribution is -3.00. The van der Waals surface area contributed by atoms with E-state index in [4.69, 9.17) is 0 Å². The minimum atomic E-state index is -0.234. The molecule has 0 aliphatic carbocycles. The monoisotopic (exact) mass is 481 g/mol. The largest absolute Gasteiger partial charge is 1.00 e. The molecule has 2 aromatic rings. The van der Waals surface area contributed by atoms with Crippen LogP contribution in [0.25, 0.3) is 5.57 Å². The summed E-state index contributed by atoms with van der Waals surface area (Å²) in [7, 11) is 4.73. The van der Waals surface area contributed by atoms with E-state index in [0.29, 0.717) is 5.92 Å². The number of fused-ring (bicyclic) bond motifs is 2. The Morgan fingerprint density at radius 2 is 1.22 bits per heavy atom. The standard InChI is InChI=1S/C23H26F2N.HI/c1-26(2)21-11-12-22(26)14-16(13-21)15-23(17-3-7-19(24)8-4-17)18-5-9-20(25)10-6-18;/h3-10,15-16,21-22H,11-14H2,1-2H3;1H/q+1;/p-1/t16-,21+,22-;. The van der Waals surface area contributed by atoms with E-state index >= 15 is 0 Å². The van der Waals surface area contributed by atoms with Gasteiger partial charge in [-0.15, -0.1) is 0 Å². The lowest BCUT2D eigenvalue weighted by Gasteiger charge is -2.44. The van der Waals surface area contributed by atoms with Gasteiger partial charge < -0.3 is 28.5 Å². The zero-order chi connectivity index (χ0) is 18.3. The normalized spacial score (nSPS) is 25.6. The fourth-order valence-electron chi connectivity index (χ4n) is 4.91. The Morgan fingerprint density at radius 3 is 1.63 bits per heavy atom. The molecular weight excluding hydrogens is 455 g/mol. The van der Waals surface area contributed by atoms with Crippen LogP contribution < -0.4 is 24.0 Å². The smallest absolute Gasteiger partial charge is 0.123 e. The van der Waals surface area contributed by atoms with E-state index in [1.807, 2.05) is 24.3 Å². The van der Waals surface area contributed by atoms with Crippen molar-refractivity contribution in [3.8, 4) is 0 Å². The second kappa shape index (κ2) is 8.00. The molecule has 0 saturated carbocycles. The van der Waals surface area contributed by atoms with Crippen LogP contribution in [-0.4, -0.2) is 30.7 Å². The highest BCUT2D eigenvalue weighted by molar-refractivity contribution is 5.79. The first-order chi connectivity index (χ1) is 12.4. The highest BCUT2D eigenvalue weighted by atomic mass is 127. The van der Waals surface area contributed by atoms with Crippen LogP contribution in [0.3, 0.4) is 0 Å². The molecule has 2 heterocycles. The summed E-state index contributed by atoms with van der Waals surface area (Å²) in [6, 6.07) is 14.7. The molecule has 2 saturated heterocycles. The topological polar surface area (TPSA) is 0 Å². The molecule has 2 fully saturated rings. The first-order valence-electron chi connectivity index (χ1n) is 9.50. The Morgan fingerprint density at radius 1 is 0.815 bits per heavy atom. The summed E-state index contributed by atoms with van der Waals surface area (Å²) < 4.78 is 27.9. The maximum Gasteiger partial charge on any atom is 0.123 e. The van der Waals surface area contributed by atoms with Crippen LogP contribution in [0.2, 0.25) is 0 Å². The Hall–Kier alpha value is -1.27. The van der Waals surface area contributed by atoms with E-state index in [1.165, 1.54) is 49.9 Å². The van der Waals surface area contributed by atoms with Crippen LogP contribution in [0, 0.1) is 17.6 Å². The zero-order valence-corrected chi connectivity index (χ0v) is 18.0. The van der Waals surface area contributed by atoms with Crippen molar-refractivity contribution in [1.29, 1.82) is 0 Å². The maximum absolute atomic E-state index is 13.4. The molecule has 2 aliphatic rings. The summed E-state index contributed by atoms with van der Waals surface area (Å²) in [5, 5.41) is 0. The third kappa shape index (κ3) is 4.11. The fraction of sp³-hybridized carbons (Fsp3) is 0.391. The summed E-state index contributed by atoms with van der Waals surface area (Å²) in [4.78, 5) is 0. The summed E-state index contributed by atoms with van der Waals surface area (Å²) in [6.45, 7) is 0. The molecule has 0 unspecified atom stereocenters. The second-order valence-electron chi connectivity index (χ2n) is 8.34. The van der Waals surface area contributed by atoms with Gasteiger partial charge in [-0.1, -0.05) is 30.3 Å². The number of hydrogen-bond donors (Lipinski definition) is 0. The average Bonchev–Trinajstić information content (AvgIpc) is 2.78. The molecule has 2 bridgehead atoms. The molecule has 2 aromatic carbocycles. The van der Waals surface area contributed by atoms with E-state index in [9.17, 15) is 8.78 Å². The SMILES string of the molecule is C[N+]1(C)[C@@H]2CC[C@H]1C[C@@H](C=C(c1ccc(F)cc1)c1ccc(F)cc1)C2.[I-]. The molecule has 1 nitrogen and oxygen atoms in total. The molecule has 27 heavy (non-hydrogen) atoms. The third-order valence-electron chi connectivity index (χ3n) is 6.58. The van der Waals surface area contributed by atoms with Crippen LogP contribution in [0.15, 0.2) is 54.6 Å². The number of allylic oxidation sites excluding steroid dienone is 1. The minimum absolute atomic E-state index is 0. The Labute approximate surface area is 177 Å². The first kappa shape index (κ1) is 20.5. The summed E-state index contributed by atoms with van der Waals surface area (Å²) in [5.41, 5.74) is 3.07. The number of nitrogens with zero attached hydrogens (tertiary/aromatic N) is 1. The van der Waals surface area contributed by atoms with Crippen molar-refractivity contribution in [3.05, 3.63) is 77.4 Å². The van der Waals surface area contributed by atoms with Gasteiger partial charge in [0.05, 0.1) is 26.2 Å². The van der Waals surface area contributed by atoms with Crippen LogP contribution in [0.1, 0.15) is 36.8 Å². The third-order valence-corrected chi connectivity index (χ3v) is 6.58. The molecule has 4 heteroatoms. The maximum atomic E-state index is 13.4. The molecule has 144 valence electrons. The number of hydrogen-bond acceptors (Lipinski definition) is 0. The molecule has 4 rings (SSSR count). The lowest BCUT2D eigenvalue weighted by molar-refractivity contribution is -0.931. The molecule has 2 aliphatic heterocycles. The van der Waals surface area contributed by atoms with Gasteiger partial charge in [-0.3, -0.25) is 0 Å². The van der Waals surface area contributed by atoms with Crippen molar-refractivity contribution in [2.75, 3.05) is 14.1 Å². The minimum Gasteiger partial charge on any atom is -1.00 e. The Bertz CT molecular complexity index is 748. The van der Waals surface area contributed by atoms with Crippen molar-refractivity contribution in [3.63, 3.8) is 0 Å². The number of piperidine rings is 1. The molecule has 0 radical (unpaired) electrons. The molecular formula is C23H26F2IN. The van der Waals surface area contributed by atoms with E-state index in [2.05, 4.69) is 20.2 Å². The Kier molecular flexibility index (Phi) is 6.06. The molecule has 0 aromatic heterocycles. The highest BCUT2D eigenvalue weighted by Crippen LogP contribution is 2.43. The van der Waals surface area contributed by atoms with Crippen LogP contribution in [0.5, 0.6) is 0 Å². The van der Waals surface area contributed by atoms with Crippen LogP contribution in [0.4, 0.5) is 8.78 Å². The first-order valence-corrected chi connectivity index (χ1v) is 9.50. The van der Waals surface area contributed by atoms with E-state index in [-0.39, 0.29) is 35.6 Å². The van der Waals surface area contributed by atoms with Crippen molar-refractivity contribution >= 4 is 5.57 Å². The van der Waals surface area contributed by atoms with E-state index in [1.54, 1.807) is 0 Å². The van der Waals surface area contributed by atoms with Gasteiger partial charge in [-0.05, 0) is 46.9 Å². The van der Waals surface area contributed by atoms with Crippen LogP contribution in [-0.2, 0) is 0 Å². The predicted octanol–water partition coefficient (Wildman–Crippen LogP) is 2.42. The van der Waals surface area contributed by atoms with Gasteiger partial charge in [-0.25, -0.2) is 8.78 Å². The lowest BCUT2D eigenvalue weighted by atomic mass is 9.85. The molecule has 0 spiro atoms. The van der Waals surface area contributed by atoms with Crippen molar-refractivity contribution in [2.24, 2.45) is 5.92 Å². The molecule has 0 N–H and O–H groups in total. The Balaban J connectivity index is 0.00000210. The van der Waals surface area contributed by atoms with Crippen LogP contribution >= 0.6 is 0 Å². The number of benzene rings is 2. The summed E-state index contributed by atoms with van der Waals surface area (Å²) in [6.07, 6.45) is 7.35. The average molecular weight is 481 g/mol. The van der Waals surface area contributed by atoms with Crippen molar-refractivity contribution < 1.29 is 37.2 Å². The predicted molar refractivity (Wildman–Crippen MR) is 102 cm³/mol. The highest BCUT2D eigenvalue weighted by Gasteiger charge is 2.48. The number of halogens is 3. The number of quaternary nitrogens is 1. The van der Waals surface area contributed by atoms with Gasteiger partial charge in [-0.2, -0.15) is 0 Å². The number of rotatable bonds is 3. The summed E-state index contributed by atoms with van der Waals surface area (Å²) in [5.74, 6) is 0.0488. The van der Waals surface area contributed by atoms with Crippen molar-refractivity contribution in [2.45, 2.75) is 37.8 Å². The van der Waals surface area contributed by atoms with Gasteiger partial charge in [0, 0.05) is 25.7 Å². The van der Waals surface area contributed by atoms with Gasteiger partial charge in [0.2, 0.25) is 0 Å². The van der Waals surface area contributed by atoms with E-state index in [0.717, 1.165) is 33.3 Å².